The van der Waals surface area contributed by atoms with E-state index in [1.165, 1.54) is 0 Å². The van der Waals surface area contributed by atoms with Gasteiger partial charge in [-0.2, -0.15) is 0 Å². The van der Waals surface area contributed by atoms with E-state index in [0.717, 1.165) is 11.1 Å². The average molecular weight is 250 g/mol. The van der Waals surface area contributed by atoms with Crippen molar-refractivity contribution in [2.24, 2.45) is 16.8 Å². The number of hydrogen-bond donors (Lipinski definition) is 3. The van der Waals surface area contributed by atoms with E-state index < -0.39 is 5.92 Å². The first-order valence-electron chi connectivity index (χ1n) is 5.74. The molecule has 1 aromatic rings. The highest BCUT2D eigenvalue weighted by atomic mass is 16.4. The molecule has 1 amide bonds. The van der Waals surface area contributed by atoms with Gasteiger partial charge in [-0.15, -0.1) is 0 Å². The van der Waals surface area contributed by atoms with Gasteiger partial charge < -0.3 is 16.3 Å². The summed E-state index contributed by atoms with van der Waals surface area (Å²) in [4.78, 5) is 15.9. The average Bonchev–Trinajstić information content (AvgIpc) is 2.38. The van der Waals surface area contributed by atoms with Crippen LogP contribution in [-0.2, 0) is 11.3 Å². The number of aryl methyl sites for hydroxylation is 1. The van der Waals surface area contributed by atoms with Gasteiger partial charge in [0.15, 0.2) is 5.84 Å². The summed E-state index contributed by atoms with van der Waals surface area (Å²) in [5, 5.41) is 14.2. The summed E-state index contributed by atoms with van der Waals surface area (Å²) in [6.07, 6.45) is 3.89. The Morgan fingerprint density at radius 1 is 1.67 bits per heavy atom. The van der Waals surface area contributed by atoms with Crippen molar-refractivity contribution in [3.8, 4) is 0 Å². The number of pyridine rings is 1. The zero-order valence-electron chi connectivity index (χ0n) is 10.6. The molecule has 0 saturated carbocycles. The van der Waals surface area contributed by atoms with Gasteiger partial charge in [-0.1, -0.05) is 12.1 Å². The Hall–Kier alpha value is -2.11. The van der Waals surface area contributed by atoms with E-state index >= 15 is 0 Å². The van der Waals surface area contributed by atoms with Gasteiger partial charge in [0.1, 0.15) is 0 Å². The van der Waals surface area contributed by atoms with E-state index in [2.05, 4.69) is 15.5 Å². The number of carbonyl (C=O) groups is 1. The second kappa shape index (κ2) is 6.58. The van der Waals surface area contributed by atoms with Crippen LogP contribution in [0.1, 0.15) is 24.5 Å². The fraction of sp³-hybridized carbons (Fsp3) is 0.417. The van der Waals surface area contributed by atoms with Crippen LogP contribution in [-0.4, -0.2) is 21.9 Å². The van der Waals surface area contributed by atoms with Gasteiger partial charge in [0.25, 0.3) is 0 Å². The zero-order chi connectivity index (χ0) is 13.5. The Bertz CT molecular complexity index is 445. The maximum absolute atomic E-state index is 11.9. The monoisotopic (exact) mass is 250 g/mol. The largest absolute Gasteiger partial charge is 0.409 e. The fourth-order valence-corrected chi connectivity index (χ4v) is 1.59. The van der Waals surface area contributed by atoms with Gasteiger partial charge in [0, 0.05) is 18.9 Å². The summed E-state index contributed by atoms with van der Waals surface area (Å²) in [6, 6.07) is 1.88. The molecular weight excluding hydrogens is 232 g/mol. The molecule has 0 aliphatic heterocycles. The zero-order valence-corrected chi connectivity index (χ0v) is 10.6. The smallest absolute Gasteiger partial charge is 0.231 e. The lowest BCUT2D eigenvalue weighted by Gasteiger charge is -2.14. The lowest BCUT2D eigenvalue weighted by atomic mass is 10.0. The molecule has 98 valence electrons. The van der Waals surface area contributed by atoms with Crippen LogP contribution in [0.4, 0.5) is 0 Å². The highest BCUT2D eigenvalue weighted by molar-refractivity contribution is 6.01. The number of amides is 1. The predicted octanol–water partition coefficient (Wildman–Crippen LogP) is 0.779. The molecule has 4 N–H and O–H groups in total. The molecule has 18 heavy (non-hydrogen) atoms. The SMILES string of the molecule is CCC(C(=O)NCc1cnccc1C)/C(N)=N/O. The lowest BCUT2D eigenvalue weighted by Crippen LogP contribution is -2.38. The molecule has 0 radical (unpaired) electrons. The van der Waals surface area contributed by atoms with Crippen molar-refractivity contribution in [1.82, 2.24) is 10.3 Å². The lowest BCUT2D eigenvalue weighted by molar-refractivity contribution is -0.123. The van der Waals surface area contributed by atoms with Crippen LogP contribution < -0.4 is 11.1 Å². The minimum absolute atomic E-state index is 0.0714. The molecule has 1 heterocycles. The van der Waals surface area contributed by atoms with Crippen LogP contribution in [0.25, 0.3) is 0 Å². The first kappa shape index (κ1) is 14.0. The molecule has 0 aliphatic carbocycles. The summed E-state index contributed by atoms with van der Waals surface area (Å²) in [6.45, 7) is 4.13. The predicted molar refractivity (Wildman–Crippen MR) is 68.0 cm³/mol. The quantitative estimate of drug-likeness (QED) is 0.311. The summed E-state index contributed by atoms with van der Waals surface area (Å²) >= 11 is 0. The van der Waals surface area contributed by atoms with Gasteiger partial charge in [-0.05, 0) is 30.5 Å². The third kappa shape index (κ3) is 3.44. The van der Waals surface area contributed by atoms with E-state index in [0.29, 0.717) is 13.0 Å². The van der Waals surface area contributed by atoms with Crippen LogP contribution in [0.2, 0.25) is 0 Å². The molecule has 0 saturated heterocycles. The molecule has 1 unspecified atom stereocenters. The molecule has 6 nitrogen and oxygen atoms in total. The highest BCUT2D eigenvalue weighted by Crippen LogP contribution is 2.06. The minimum atomic E-state index is -0.605. The first-order valence-corrected chi connectivity index (χ1v) is 5.74. The Morgan fingerprint density at radius 3 is 2.94 bits per heavy atom. The van der Waals surface area contributed by atoms with Crippen molar-refractivity contribution in [2.75, 3.05) is 0 Å². The molecular formula is C12H18N4O2. The van der Waals surface area contributed by atoms with E-state index in [4.69, 9.17) is 10.9 Å². The number of hydrogen-bond acceptors (Lipinski definition) is 4. The number of oxime groups is 1. The third-order valence-electron chi connectivity index (χ3n) is 2.80. The molecule has 0 spiro atoms. The molecule has 1 aromatic heterocycles. The van der Waals surface area contributed by atoms with Crippen molar-refractivity contribution in [1.29, 1.82) is 0 Å². The molecule has 0 fully saturated rings. The second-order valence-corrected chi connectivity index (χ2v) is 4.01. The third-order valence-corrected chi connectivity index (χ3v) is 2.80. The van der Waals surface area contributed by atoms with Crippen LogP contribution in [0.15, 0.2) is 23.6 Å². The van der Waals surface area contributed by atoms with Gasteiger partial charge in [-0.25, -0.2) is 0 Å². The van der Waals surface area contributed by atoms with Crippen LogP contribution in [0, 0.1) is 12.8 Å². The summed E-state index contributed by atoms with van der Waals surface area (Å²) < 4.78 is 0. The van der Waals surface area contributed by atoms with Gasteiger partial charge in [0.2, 0.25) is 5.91 Å². The van der Waals surface area contributed by atoms with Crippen molar-refractivity contribution in [3.63, 3.8) is 0 Å². The Balaban J connectivity index is 2.63. The van der Waals surface area contributed by atoms with E-state index in [1.807, 2.05) is 13.0 Å². The summed E-state index contributed by atoms with van der Waals surface area (Å²) in [5.41, 5.74) is 7.46. The van der Waals surface area contributed by atoms with Crippen molar-refractivity contribution < 1.29 is 10.0 Å². The van der Waals surface area contributed by atoms with E-state index in [9.17, 15) is 4.79 Å². The van der Waals surface area contributed by atoms with Crippen LogP contribution in [0.3, 0.4) is 0 Å². The topological polar surface area (TPSA) is 101 Å². The van der Waals surface area contributed by atoms with Crippen molar-refractivity contribution in [2.45, 2.75) is 26.8 Å². The summed E-state index contributed by atoms with van der Waals surface area (Å²) in [7, 11) is 0. The maximum atomic E-state index is 11.9. The molecule has 1 rings (SSSR count). The van der Waals surface area contributed by atoms with Crippen molar-refractivity contribution >= 4 is 11.7 Å². The second-order valence-electron chi connectivity index (χ2n) is 4.01. The Labute approximate surface area is 106 Å². The molecule has 1 atom stereocenters. The molecule has 0 bridgehead atoms. The minimum Gasteiger partial charge on any atom is -0.409 e. The van der Waals surface area contributed by atoms with Gasteiger partial charge in [-0.3, -0.25) is 9.78 Å². The highest BCUT2D eigenvalue weighted by Gasteiger charge is 2.20. The summed E-state index contributed by atoms with van der Waals surface area (Å²) in [5.74, 6) is -0.930. The van der Waals surface area contributed by atoms with E-state index in [1.54, 1.807) is 19.3 Å². The molecule has 0 aromatic carbocycles. The number of aromatic nitrogens is 1. The van der Waals surface area contributed by atoms with Gasteiger partial charge in [0.05, 0.1) is 5.92 Å². The fourth-order valence-electron chi connectivity index (χ4n) is 1.59. The van der Waals surface area contributed by atoms with Crippen LogP contribution >= 0.6 is 0 Å². The standard InChI is InChI=1S/C12H18N4O2/c1-3-10(11(13)16-18)12(17)15-7-9-6-14-5-4-8(9)2/h4-6,10,18H,3,7H2,1-2H3,(H2,13,16)(H,15,17). The first-order chi connectivity index (χ1) is 8.60. The number of carbonyl (C=O) groups excluding carboxylic acids is 1. The normalized spacial score (nSPS) is 13.1. The molecule has 0 aliphatic rings. The maximum Gasteiger partial charge on any atom is 0.231 e. The Kier molecular flexibility index (Phi) is 5.10. The number of rotatable bonds is 5. The van der Waals surface area contributed by atoms with Crippen LogP contribution in [0.5, 0.6) is 0 Å². The van der Waals surface area contributed by atoms with Gasteiger partial charge >= 0.3 is 0 Å². The number of nitrogens with zero attached hydrogens (tertiary/aromatic N) is 2. The number of amidine groups is 1. The Morgan fingerprint density at radius 2 is 2.39 bits per heavy atom. The number of nitrogens with two attached hydrogens (primary N) is 1. The number of nitrogens with one attached hydrogen (secondary N) is 1. The van der Waals surface area contributed by atoms with E-state index in [-0.39, 0.29) is 11.7 Å². The molecule has 6 heteroatoms. The van der Waals surface area contributed by atoms with Crippen molar-refractivity contribution in [3.05, 3.63) is 29.6 Å².